The first-order valence-corrected chi connectivity index (χ1v) is 8.69. The van der Waals surface area contributed by atoms with Crippen molar-refractivity contribution in [2.24, 2.45) is 0 Å². The van der Waals surface area contributed by atoms with Gasteiger partial charge in [-0.05, 0) is 42.5 Å². The van der Waals surface area contributed by atoms with E-state index in [1.807, 2.05) is 53.2 Å². The number of rotatable bonds is 8. The first-order chi connectivity index (χ1) is 13.6. The Morgan fingerprint density at radius 3 is 2.54 bits per heavy atom. The van der Waals surface area contributed by atoms with Crippen LogP contribution in [-0.2, 0) is 4.79 Å². The Morgan fingerprint density at radius 1 is 1.07 bits per heavy atom. The summed E-state index contributed by atoms with van der Waals surface area (Å²) in [5, 5.41) is 13.5. The number of nitrogens with one attached hydrogen (secondary N) is 1. The highest BCUT2D eigenvalue weighted by molar-refractivity contribution is 5.91. The van der Waals surface area contributed by atoms with Crippen molar-refractivity contribution >= 4 is 17.7 Å². The normalized spacial score (nSPS) is 10.7. The molecule has 0 fully saturated rings. The fourth-order valence-corrected chi connectivity index (χ4v) is 2.58. The monoisotopic (exact) mass is 377 g/mol. The molecular formula is C21H19N3O4. The fourth-order valence-electron chi connectivity index (χ4n) is 2.58. The number of non-ortho nitro benzene ring substituents is 1. The molecule has 3 rings (SSSR count). The topological polar surface area (TPSA) is 86.4 Å². The van der Waals surface area contributed by atoms with Gasteiger partial charge in [-0.1, -0.05) is 18.2 Å². The molecule has 0 saturated carbocycles. The van der Waals surface area contributed by atoms with Crippen LogP contribution < -0.4 is 10.1 Å². The lowest BCUT2D eigenvalue weighted by Crippen LogP contribution is -2.26. The lowest BCUT2D eigenvalue weighted by Gasteiger charge is -2.07. The van der Waals surface area contributed by atoms with Gasteiger partial charge in [-0.15, -0.1) is 0 Å². The molecular weight excluding hydrogens is 358 g/mol. The van der Waals surface area contributed by atoms with Crippen LogP contribution in [0.2, 0.25) is 0 Å². The molecule has 1 N–H and O–H groups in total. The first kappa shape index (κ1) is 18.9. The lowest BCUT2D eigenvalue weighted by atomic mass is 10.2. The highest BCUT2D eigenvalue weighted by Gasteiger charge is 2.06. The zero-order valence-electron chi connectivity index (χ0n) is 15.0. The number of benzene rings is 2. The molecule has 0 bridgehead atoms. The number of hydrogen-bond donors (Lipinski definition) is 1. The number of carbonyl (C=O) groups is 1. The average Bonchev–Trinajstić information content (AvgIpc) is 3.19. The van der Waals surface area contributed by atoms with Crippen molar-refractivity contribution in [2.45, 2.75) is 0 Å². The molecule has 3 aromatic rings. The second-order valence-corrected chi connectivity index (χ2v) is 5.86. The third-order valence-corrected chi connectivity index (χ3v) is 3.94. The van der Waals surface area contributed by atoms with Crippen LogP contribution in [-0.4, -0.2) is 28.5 Å². The van der Waals surface area contributed by atoms with E-state index in [1.165, 1.54) is 18.2 Å². The number of aromatic nitrogens is 1. The maximum Gasteiger partial charge on any atom is 0.269 e. The summed E-state index contributed by atoms with van der Waals surface area (Å²) in [7, 11) is 0. The number of ether oxygens (including phenoxy) is 1. The van der Waals surface area contributed by atoms with Gasteiger partial charge >= 0.3 is 0 Å². The molecule has 28 heavy (non-hydrogen) atoms. The van der Waals surface area contributed by atoms with Gasteiger partial charge in [-0.25, -0.2) is 0 Å². The summed E-state index contributed by atoms with van der Waals surface area (Å²) in [4.78, 5) is 22.3. The van der Waals surface area contributed by atoms with Crippen LogP contribution in [0.5, 0.6) is 5.75 Å². The van der Waals surface area contributed by atoms with Crippen molar-refractivity contribution in [3.05, 3.63) is 94.8 Å². The molecule has 142 valence electrons. The molecule has 0 spiro atoms. The molecule has 0 radical (unpaired) electrons. The lowest BCUT2D eigenvalue weighted by molar-refractivity contribution is -0.384. The SMILES string of the molecule is O=C(/C=C/c1cccn1-c1ccc([N+](=O)[O-])cc1)NCCOc1ccccc1. The summed E-state index contributed by atoms with van der Waals surface area (Å²) in [5.41, 5.74) is 1.58. The fraction of sp³-hybridized carbons (Fsp3) is 0.0952. The van der Waals surface area contributed by atoms with E-state index in [-0.39, 0.29) is 11.6 Å². The standard InChI is InChI=1S/C21H19N3O4/c25-21(22-14-16-28-20-6-2-1-3-7-20)13-12-17-5-4-15-23(17)18-8-10-19(11-9-18)24(26)27/h1-13,15H,14,16H2,(H,22,25)/b13-12+. The van der Waals surface area contributed by atoms with E-state index < -0.39 is 4.92 Å². The van der Waals surface area contributed by atoms with Crippen molar-refractivity contribution in [3.8, 4) is 11.4 Å². The van der Waals surface area contributed by atoms with E-state index >= 15 is 0 Å². The van der Waals surface area contributed by atoms with E-state index in [9.17, 15) is 14.9 Å². The highest BCUT2D eigenvalue weighted by atomic mass is 16.6. The Labute approximate surface area is 162 Å². The predicted octanol–water partition coefficient (Wildman–Crippen LogP) is 3.59. The van der Waals surface area contributed by atoms with Crippen molar-refractivity contribution in [1.29, 1.82) is 0 Å². The molecule has 1 aromatic heterocycles. The molecule has 0 aliphatic carbocycles. The molecule has 7 heteroatoms. The Balaban J connectivity index is 1.53. The molecule has 0 atom stereocenters. The molecule has 0 saturated heterocycles. The Hall–Kier alpha value is -3.87. The Bertz CT molecular complexity index is 963. The van der Waals surface area contributed by atoms with Crippen LogP contribution in [0.15, 0.2) is 79.0 Å². The summed E-state index contributed by atoms with van der Waals surface area (Å²) < 4.78 is 7.36. The van der Waals surface area contributed by atoms with Crippen LogP contribution in [0.1, 0.15) is 5.69 Å². The van der Waals surface area contributed by atoms with E-state index in [0.29, 0.717) is 13.2 Å². The number of amides is 1. The van der Waals surface area contributed by atoms with Gasteiger partial charge in [-0.2, -0.15) is 0 Å². The second kappa shape index (κ2) is 9.18. The van der Waals surface area contributed by atoms with Gasteiger partial charge in [-0.3, -0.25) is 14.9 Å². The van der Waals surface area contributed by atoms with Crippen molar-refractivity contribution in [1.82, 2.24) is 9.88 Å². The second-order valence-electron chi connectivity index (χ2n) is 5.86. The van der Waals surface area contributed by atoms with E-state index in [4.69, 9.17) is 4.74 Å². The Kier molecular flexibility index (Phi) is 6.20. The number of nitrogens with zero attached hydrogens (tertiary/aromatic N) is 2. The number of nitro benzene ring substituents is 1. The third kappa shape index (κ3) is 5.07. The van der Waals surface area contributed by atoms with Gasteiger partial charge in [0.15, 0.2) is 0 Å². The molecule has 0 aliphatic heterocycles. The minimum Gasteiger partial charge on any atom is -0.492 e. The van der Waals surface area contributed by atoms with Crippen LogP contribution in [0.25, 0.3) is 11.8 Å². The van der Waals surface area contributed by atoms with Crippen LogP contribution in [0.4, 0.5) is 5.69 Å². The summed E-state index contributed by atoms with van der Waals surface area (Å²) in [6, 6.07) is 19.3. The number of para-hydroxylation sites is 1. The van der Waals surface area contributed by atoms with Gasteiger partial charge in [0, 0.05) is 35.8 Å². The maximum absolute atomic E-state index is 12.0. The minimum atomic E-state index is -0.438. The van der Waals surface area contributed by atoms with Crippen LogP contribution >= 0.6 is 0 Å². The summed E-state index contributed by atoms with van der Waals surface area (Å²) in [6.45, 7) is 0.768. The quantitative estimate of drug-likeness (QED) is 0.281. The predicted molar refractivity (Wildman–Crippen MR) is 106 cm³/mol. The number of nitro groups is 1. The third-order valence-electron chi connectivity index (χ3n) is 3.94. The van der Waals surface area contributed by atoms with E-state index in [1.54, 1.807) is 18.2 Å². The van der Waals surface area contributed by atoms with Crippen molar-refractivity contribution < 1.29 is 14.5 Å². The van der Waals surface area contributed by atoms with E-state index in [0.717, 1.165) is 17.1 Å². The number of carbonyl (C=O) groups excluding carboxylic acids is 1. The largest absolute Gasteiger partial charge is 0.492 e. The van der Waals surface area contributed by atoms with Gasteiger partial charge in [0.1, 0.15) is 12.4 Å². The summed E-state index contributed by atoms with van der Waals surface area (Å²) in [5.74, 6) is 0.529. The summed E-state index contributed by atoms with van der Waals surface area (Å²) >= 11 is 0. The molecule has 1 amide bonds. The molecule has 0 unspecified atom stereocenters. The maximum atomic E-state index is 12.0. The van der Waals surface area contributed by atoms with Gasteiger partial charge < -0.3 is 14.6 Å². The van der Waals surface area contributed by atoms with Crippen LogP contribution in [0, 0.1) is 10.1 Å². The highest BCUT2D eigenvalue weighted by Crippen LogP contribution is 2.18. The molecule has 2 aromatic carbocycles. The zero-order chi connectivity index (χ0) is 19.8. The summed E-state index contributed by atoms with van der Waals surface area (Å²) in [6.07, 6.45) is 4.96. The van der Waals surface area contributed by atoms with Crippen molar-refractivity contribution in [2.75, 3.05) is 13.2 Å². The molecule has 1 heterocycles. The molecule has 0 aliphatic rings. The van der Waals surface area contributed by atoms with Crippen LogP contribution in [0.3, 0.4) is 0 Å². The Morgan fingerprint density at radius 2 is 1.82 bits per heavy atom. The zero-order valence-corrected chi connectivity index (χ0v) is 15.0. The average molecular weight is 377 g/mol. The molecule has 7 nitrogen and oxygen atoms in total. The first-order valence-electron chi connectivity index (χ1n) is 8.69. The van der Waals surface area contributed by atoms with Gasteiger partial charge in [0.25, 0.3) is 5.69 Å². The van der Waals surface area contributed by atoms with E-state index in [2.05, 4.69) is 5.32 Å². The van der Waals surface area contributed by atoms with Gasteiger partial charge in [0.2, 0.25) is 5.91 Å². The number of hydrogen-bond acceptors (Lipinski definition) is 4. The van der Waals surface area contributed by atoms with Gasteiger partial charge in [0.05, 0.1) is 11.5 Å². The minimum absolute atomic E-state index is 0.0325. The van der Waals surface area contributed by atoms with Crippen molar-refractivity contribution in [3.63, 3.8) is 0 Å². The smallest absolute Gasteiger partial charge is 0.269 e.